The van der Waals surface area contributed by atoms with Crippen LogP contribution in [0.15, 0.2) is 60.7 Å². The van der Waals surface area contributed by atoms with Gasteiger partial charge in [-0.3, -0.25) is 0 Å². The number of epoxide rings is 2. The summed E-state index contributed by atoms with van der Waals surface area (Å²) in [5.74, 6) is 0. The van der Waals surface area contributed by atoms with Gasteiger partial charge in [0.1, 0.15) is 23.4 Å². The van der Waals surface area contributed by atoms with Crippen LogP contribution in [-0.2, 0) is 25.4 Å². The molecule has 0 aromatic heterocycles. The predicted molar refractivity (Wildman–Crippen MR) is 162 cm³/mol. The van der Waals surface area contributed by atoms with Crippen LogP contribution in [0.2, 0.25) is 0 Å². The van der Waals surface area contributed by atoms with E-state index in [-0.39, 0.29) is 12.2 Å². The lowest BCUT2D eigenvalue weighted by atomic mass is 9.80. The zero-order valence-electron chi connectivity index (χ0n) is 24.9. The molecule has 3 nitrogen and oxygen atoms in total. The van der Waals surface area contributed by atoms with Crippen molar-refractivity contribution in [1.82, 2.24) is 0 Å². The van der Waals surface area contributed by atoms with E-state index in [1.807, 2.05) is 0 Å². The van der Waals surface area contributed by atoms with E-state index in [1.54, 1.807) is 0 Å². The third kappa shape index (κ3) is 8.65. The summed E-state index contributed by atoms with van der Waals surface area (Å²) in [6, 6.07) is 21.9. The first-order valence-corrected chi connectivity index (χ1v) is 16.3. The van der Waals surface area contributed by atoms with Gasteiger partial charge in [-0.1, -0.05) is 164 Å². The minimum Gasteiger partial charge on any atom is -0.370 e. The molecule has 0 bridgehead atoms. The molecule has 0 amide bonds. The van der Waals surface area contributed by atoms with Crippen molar-refractivity contribution in [2.45, 2.75) is 140 Å². The van der Waals surface area contributed by atoms with Crippen LogP contribution >= 0.6 is 0 Å². The minimum absolute atomic E-state index is 0.107. The third-order valence-corrected chi connectivity index (χ3v) is 8.90. The zero-order valence-corrected chi connectivity index (χ0v) is 24.9. The van der Waals surface area contributed by atoms with E-state index in [2.05, 4.69) is 74.5 Å². The summed E-state index contributed by atoms with van der Waals surface area (Å²) in [6.45, 7) is 6.13. The van der Waals surface area contributed by atoms with Crippen molar-refractivity contribution in [1.29, 1.82) is 0 Å². The molecule has 39 heavy (non-hydrogen) atoms. The second-order valence-corrected chi connectivity index (χ2v) is 12.0. The molecule has 4 unspecified atom stereocenters. The first-order valence-electron chi connectivity index (χ1n) is 16.3. The minimum atomic E-state index is -0.451. The molecule has 2 fully saturated rings. The molecule has 2 heterocycles. The molecule has 2 saturated heterocycles. The second-order valence-electron chi connectivity index (χ2n) is 12.0. The van der Waals surface area contributed by atoms with E-state index in [4.69, 9.17) is 14.2 Å². The van der Waals surface area contributed by atoms with E-state index < -0.39 is 11.2 Å². The van der Waals surface area contributed by atoms with Gasteiger partial charge in [-0.15, -0.1) is 0 Å². The first-order chi connectivity index (χ1) is 19.2. The fourth-order valence-corrected chi connectivity index (χ4v) is 6.42. The van der Waals surface area contributed by atoms with Gasteiger partial charge in [0.2, 0.25) is 0 Å². The Labute approximate surface area is 239 Å². The van der Waals surface area contributed by atoms with Crippen LogP contribution in [0.3, 0.4) is 0 Å². The highest BCUT2D eigenvalue weighted by atomic mass is 16.6. The van der Waals surface area contributed by atoms with Gasteiger partial charge in [0, 0.05) is 0 Å². The highest BCUT2D eigenvalue weighted by Gasteiger charge is 2.58. The van der Waals surface area contributed by atoms with Crippen LogP contribution < -0.4 is 0 Å². The van der Waals surface area contributed by atoms with Gasteiger partial charge in [0.15, 0.2) is 0 Å². The maximum Gasteiger partial charge on any atom is 0.123 e. The Bertz CT molecular complexity index is 832. The van der Waals surface area contributed by atoms with Crippen molar-refractivity contribution >= 4 is 0 Å². The van der Waals surface area contributed by atoms with Gasteiger partial charge in [0.05, 0.1) is 13.2 Å². The number of ether oxygens (including phenoxy) is 3. The quantitative estimate of drug-likeness (QED) is 0.111. The molecule has 0 radical (unpaired) electrons. The largest absolute Gasteiger partial charge is 0.370 e. The highest BCUT2D eigenvalue weighted by molar-refractivity contribution is 5.30. The molecule has 0 aliphatic carbocycles. The summed E-state index contributed by atoms with van der Waals surface area (Å²) >= 11 is 0. The van der Waals surface area contributed by atoms with E-state index >= 15 is 0 Å². The number of hydrogen-bond acceptors (Lipinski definition) is 3. The topological polar surface area (TPSA) is 34.3 Å². The van der Waals surface area contributed by atoms with Crippen LogP contribution in [0.4, 0.5) is 0 Å². The van der Waals surface area contributed by atoms with Gasteiger partial charge in [-0.25, -0.2) is 0 Å². The van der Waals surface area contributed by atoms with Crippen molar-refractivity contribution in [3.05, 3.63) is 71.8 Å². The Hall–Kier alpha value is -1.68. The monoisotopic (exact) mass is 534 g/mol. The molecule has 4 rings (SSSR count). The molecular formula is C36H54O3. The second kappa shape index (κ2) is 15.9. The lowest BCUT2D eigenvalue weighted by molar-refractivity contribution is -0.197. The highest BCUT2D eigenvalue weighted by Crippen LogP contribution is 2.52. The summed E-state index contributed by atoms with van der Waals surface area (Å²) in [5.41, 5.74) is 1.62. The fraction of sp³-hybridized carbons (Fsp3) is 0.667. The number of benzene rings is 2. The smallest absolute Gasteiger partial charge is 0.123 e. The van der Waals surface area contributed by atoms with E-state index in [0.717, 1.165) is 38.9 Å². The summed E-state index contributed by atoms with van der Waals surface area (Å²) in [6.07, 6.45) is 20.4. The predicted octanol–water partition coefficient (Wildman–Crippen LogP) is 9.87. The van der Waals surface area contributed by atoms with Crippen molar-refractivity contribution in [2.24, 2.45) is 0 Å². The summed E-state index contributed by atoms with van der Waals surface area (Å²) in [5, 5.41) is 0. The molecule has 0 N–H and O–H groups in total. The average Bonchev–Trinajstić information content (AvgIpc) is 3.89. The molecule has 0 saturated carbocycles. The van der Waals surface area contributed by atoms with Gasteiger partial charge in [0.25, 0.3) is 0 Å². The fourth-order valence-electron chi connectivity index (χ4n) is 6.42. The van der Waals surface area contributed by atoms with Gasteiger partial charge in [-0.05, 0) is 24.0 Å². The summed E-state index contributed by atoms with van der Waals surface area (Å²) in [4.78, 5) is 0. The Balaban J connectivity index is 1.56. The molecule has 2 aromatic rings. The molecule has 216 valence electrons. The lowest BCUT2D eigenvalue weighted by Gasteiger charge is -2.44. The van der Waals surface area contributed by atoms with E-state index in [9.17, 15) is 0 Å². The van der Waals surface area contributed by atoms with Gasteiger partial charge in [-0.2, -0.15) is 0 Å². The van der Waals surface area contributed by atoms with Crippen LogP contribution in [0.25, 0.3) is 0 Å². The molecule has 3 heteroatoms. The molecule has 2 aliphatic rings. The first kappa shape index (κ1) is 30.3. The van der Waals surface area contributed by atoms with E-state index in [1.165, 1.54) is 88.2 Å². The Morgan fingerprint density at radius 3 is 1.21 bits per heavy atom. The van der Waals surface area contributed by atoms with Crippen molar-refractivity contribution in [3.63, 3.8) is 0 Å². The molecule has 4 atom stereocenters. The normalized spacial score (nSPS) is 21.3. The number of rotatable bonds is 22. The van der Waals surface area contributed by atoms with Crippen LogP contribution in [0, 0.1) is 0 Å². The SMILES string of the molecule is CCCCCCCCCC(OC(CCCCCCCCC)(c1ccccc1)C1CO1)(c1ccccc1)C1CO1. The Kier molecular flexibility index (Phi) is 12.4. The molecule has 2 aromatic carbocycles. The Morgan fingerprint density at radius 2 is 0.872 bits per heavy atom. The zero-order chi connectivity index (χ0) is 27.2. The van der Waals surface area contributed by atoms with Gasteiger partial charge >= 0.3 is 0 Å². The van der Waals surface area contributed by atoms with E-state index in [0.29, 0.717) is 0 Å². The number of hydrogen-bond donors (Lipinski definition) is 0. The van der Waals surface area contributed by atoms with Gasteiger partial charge < -0.3 is 14.2 Å². The maximum absolute atomic E-state index is 7.69. The standard InChI is InChI=1S/C36H54O3/c1-3-5-7-9-11-13-21-27-35(33-29-37-33,31-23-17-15-18-24-31)39-36(34-30-38-34,32-25-19-16-20-26-32)28-22-14-12-10-8-6-4-2/h15-20,23-26,33-34H,3-14,21-22,27-30H2,1-2H3. The van der Waals surface area contributed by atoms with Crippen molar-refractivity contribution < 1.29 is 14.2 Å². The van der Waals surface area contributed by atoms with Crippen LogP contribution in [0.1, 0.15) is 128 Å². The molecule has 0 spiro atoms. The average molecular weight is 535 g/mol. The molecule has 2 aliphatic heterocycles. The maximum atomic E-state index is 7.69. The molecular weight excluding hydrogens is 480 g/mol. The lowest BCUT2D eigenvalue weighted by Crippen LogP contribution is -2.48. The van der Waals surface area contributed by atoms with Crippen LogP contribution in [-0.4, -0.2) is 25.4 Å². The van der Waals surface area contributed by atoms with Crippen molar-refractivity contribution in [3.8, 4) is 0 Å². The van der Waals surface area contributed by atoms with Crippen LogP contribution in [0.5, 0.6) is 0 Å². The van der Waals surface area contributed by atoms with Crippen molar-refractivity contribution in [2.75, 3.05) is 13.2 Å². The Morgan fingerprint density at radius 1 is 0.538 bits per heavy atom. The summed E-state index contributed by atoms with van der Waals surface area (Å²) < 4.78 is 20.0. The summed E-state index contributed by atoms with van der Waals surface area (Å²) in [7, 11) is 0. The number of unbranched alkanes of at least 4 members (excludes halogenated alkanes) is 12. The third-order valence-electron chi connectivity index (χ3n) is 8.90.